The summed E-state index contributed by atoms with van der Waals surface area (Å²) in [6, 6.07) is 7.93. The number of para-hydroxylation sites is 1. The van der Waals surface area contributed by atoms with Crippen molar-refractivity contribution in [1.29, 1.82) is 0 Å². The maximum Gasteiger partial charge on any atom is 0.573 e. The number of fused-ring (bicyclic) bond motifs is 1. The minimum Gasteiger partial charge on any atom is -0.405 e. The zero-order valence-corrected chi connectivity index (χ0v) is 17.7. The van der Waals surface area contributed by atoms with Crippen molar-refractivity contribution in [3.63, 3.8) is 0 Å². The number of hydrogen-bond donors (Lipinski definition) is 1. The number of carbonyl (C=O) groups excluding carboxylic acids is 2. The number of anilines is 1. The van der Waals surface area contributed by atoms with E-state index in [-0.39, 0.29) is 24.1 Å². The second kappa shape index (κ2) is 9.48. The zero-order chi connectivity index (χ0) is 23.4. The standard InChI is InChI=1S/C24H22F3N3O3/c25-24(26,27)33-20-6-2-1-5-19(20)17-4-3-12-30(13-11-17)22(32)10-7-16-14-18-8-9-21(31)29-23(18)28-15-16/h1-2,5-7,10-11,14-15H,3-4,8-9,12-13H2,(H,28,29,31). The fourth-order valence-electron chi connectivity index (χ4n) is 3.90. The molecule has 0 unspecified atom stereocenters. The first-order valence-corrected chi connectivity index (χ1v) is 10.6. The lowest BCUT2D eigenvalue weighted by molar-refractivity contribution is -0.274. The highest BCUT2D eigenvalue weighted by Crippen LogP contribution is 2.33. The summed E-state index contributed by atoms with van der Waals surface area (Å²) in [4.78, 5) is 30.0. The van der Waals surface area contributed by atoms with Gasteiger partial charge in [0, 0.05) is 37.3 Å². The molecule has 2 aliphatic heterocycles. The van der Waals surface area contributed by atoms with Crippen LogP contribution in [0.5, 0.6) is 5.75 Å². The highest BCUT2D eigenvalue weighted by atomic mass is 19.4. The summed E-state index contributed by atoms with van der Waals surface area (Å²) in [7, 11) is 0. The molecule has 0 saturated carbocycles. The molecule has 0 fully saturated rings. The minimum absolute atomic E-state index is 0.0605. The van der Waals surface area contributed by atoms with E-state index in [0.717, 1.165) is 16.7 Å². The van der Waals surface area contributed by atoms with Gasteiger partial charge < -0.3 is 15.0 Å². The fraction of sp³-hybridized carbons (Fsp3) is 0.292. The Hall–Kier alpha value is -3.62. The third kappa shape index (κ3) is 5.79. The molecular formula is C24H22F3N3O3. The molecule has 0 aliphatic carbocycles. The van der Waals surface area contributed by atoms with Gasteiger partial charge in [0.15, 0.2) is 0 Å². The molecule has 0 bridgehead atoms. The van der Waals surface area contributed by atoms with Crippen LogP contribution < -0.4 is 10.1 Å². The summed E-state index contributed by atoms with van der Waals surface area (Å²) in [6.07, 6.45) is 3.89. The number of alkyl halides is 3. The number of halogens is 3. The Morgan fingerprint density at radius 1 is 1.18 bits per heavy atom. The van der Waals surface area contributed by atoms with Crippen LogP contribution >= 0.6 is 0 Å². The Balaban J connectivity index is 1.44. The Morgan fingerprint density at radius 2 is 2.00 bits per heavy atom. The molecule has 0 saturated heterocycles. The summed E-state index contributed by atoms with van der Waals surface area (Å²) in [5, 5.41) is 2.72. The van der Waals surface area contributed by atoms with E-state index in [1.807, 2.05) is 6.07 Å². The predicted molar refractivity (Wildman–Crippen MR) is 117 cm³/mol. The smallest absolute Gasteiger partial charge is 0.405 e. The van der Waals surface area contributed by atoms with Crippen LogP contribution in [-0.4, -0.2) is 41.2 Å². The van der Waals surface area contributed by atoms with Crippen molar-refractivity contribution < 1.29 is 27.5 Å². The summed E-state index contributed by atoms with van der Waals surface area (Å²) in [5.41, 5.74) is 2.77. The molecule has 2 aliphatic rings. The number of ether oxygens (including phenoxy) is 1. The molecule has 33 heavy (non-hydrogen) atoms. The van der Waals surface area contributed by atoms with Crippen LogP contribution in [0.4, 0.5) is 19.0 Å². The number of carbonyl (C=O) groups is 2. The molecule has 0 radical (unpaired) electrons. The maximum atomic E-state index is 12.7. The zero-order valence-electron chi connectivity index (χ0n) is 17.7. The third-order valence-corrected chi connectivity index (χ3v) is 5.49. The van der Waals surface area contributed by atoms with E-state index in [9.17, 15) is 22.8 Å². The molecule has 9 heteroatoms. The Kier molecular flexibility index (Phi) is 6.48. The van der Waals surface area contributed by atoms with Gasteiger partial charge in [0.25, 0.3) is 0 Å². The maximum absolute atomic E-state index is 12.7. The number of aryl methyl sites for hydroxylation is 1. The normalized spacial score (nSPS) is 16.6. The lowest BCUT2D eigenvalue weighted by Crippen LogP contribution is -2.29. The average molecular weight is 457 g/mol. The number of allylic oxidation sites excluding steroid dienone is 1. The van der Waals surface area contributed by atoms with Gasteiger partial charge in [-0.3, -0.25) is 9.59 Å². The number of benzene rings is 1. The lowest BCUT2D eigenvalue weighted by Gasteiger charge is -2.17. The van der Waals surface area contributed by atoms with Crippen molar-refractivity contribution in [2.24, 2.45) is 0 Å². The van der Waals surface area contributed by atoms with Crippen molar-refractivity contribution in [1.82, 2.24) is 9.88 Å². The SMILES string of the molecule is O=C1CCc2cc(C=CC(=O)N3CC=C(c4ccccc4OC(F)(F)F)CCC3)cnc2N1. The number of amides is 2. The molecular weight excluding hydrogens is 435 g/mol. The van der Waals surface area contributed by atoms with Crippen LogP contribution in [0.3, 0.4) is 0 Å². The van der Waals surface area contributed by atoms with E-state index in [1.54, 1.807) is 35.4 Å². The summed E-state index contributed by atoms with van der Waals surface area (Å²) < 4.78 is 42.4. The first kappa shape index (κ1) is 22.6. The van der Waals surface area contributed by atoms with Crippen LogP contribution in [0.1, 0.15) is 36.0 Å². The average Bonchev–Trinajstić information content (AvgIpc) is 3.03. The molecule has 3 heterocycles. The van der Waals surface area contributed by atoms with E-state index in [2.05, 4.69) is 15.0 Å². The van der Waals surface area contributed by atoms with Crippen LogP contribution in [0.25, 0.3) is 11.6 Å². The molecule has 1 aromatic carbocycles. The molecule has 0 spiro atoms. The minimum atomic E-state index is -4.77. The number of aromatic nitrogens is 1. The molecule has 4 rings (SSSR count). The van der Waals surface area contributed by atoms with Gasteiger partial charge in [-0.15, -0.1) is 13.2 Å². The van der Waals surface area contributed by atoms with Gasteiger partial charge in [-0.25, -0.2) is 4.98 Å². The molecule has 0 atom stereocenters. The van der Waals surface area contributed by atoms with Gasteiger partial charge in [-0.1, -0.05) is 24.3 Å². The topological polar surface area (TPSA) is 71.5 Å². The Morgan fingerprint density at radius 3 is 2.82 bits per heavy atom. The van der Waals surface area contributed by atoms with Gasteiger partial charge in [-0.2, -0.15) is 0 Å². The van der Waals surface area contributed by atoms with Crippen molar-refractivity contribution >= 4 is 29.3 Å². The van der Waals surface area contributed by atoms with E-state index >= 15 is 0 Å². The number of pyridine rings is 1. The van der Waals surface area contributed by atoms with Crippen LogP contribution in [0.15, 0.2) is 48.7 Å². The van der Waals surface area contributed by atoms with E-state index in [0.29, 0.717) is 43.6 Å². The second-order valence-corrected chi connectivity index (χ2v) is 7.82. The number of hydrogen-bond acceptors (Lipinski definition) is 4. The fourth-order valence-corrected chi connectivity index (χ4v) is 3.90. The van der Waals surface area contributed by atoms with E-state index < -0.39 is 6.36 Å². The monoisotopic (exact) mass is 457 g/mol. The van der Waals surface area contributed by atoms with Gasteiger partial charge >= 0.3 is 6.36 Å². The van der Waals surface area contributed by atoms with Gasteiger partial charge in [-0.05, 0) is 54.2 Å². The highest BCUT2D eigenvalue weighted by molar-refractivity contribution is 5.94. The van der Waals surface area contributed by atoms with Gasteiger partial charge in [0.1, 0.15) is 11.6 Å². The Labute approximate surface area is 188 Å². The van der Waals surface area contributed by atoms with Crippen LogP contribution in [0, 0.1) is 0 Å². The highest BCUT2D eigenvalue weighted by Gasteiger charge is 2.32. The molecule has 6 nitrogen and oxygen atoms in total. The third-order valence-electron chi connectivity index (χ3n) is 5.49. The van der Waals surface area contributed by atoms with E-state index in [1.165, 1.54) is 18.2 Å². The van der Waals surface area contributed by atoms with Gasteiger partial charge in [0.2, 0.25) is 11.8 Å². The lowest BCUT2D eigenvalue weighted by atomic mass is 10.0. The van der Waals surface area contributed by atoms with Crippen molar-refractivity contribution in [2.75, 3.05) is 18.4 Å². The van der Waals surface area contributed by atoms with Gasteiger partial charge in [0.05, 0.1) is 0 Å². The van der Waals surface area contributed by atoms with Crippen LogP contribution in [-0.2, 0) is 16.0 Å². The van der Waals surface area contributed by atoms with Crippen molar-refractivity contribution in [2.45, 2.75) is 32.0 Å². The molecule has 1 N–H and O–H groups in total. The van der Waals surface area contributed by atoms with E-state index in [4.69, 9.17) is 0 Å². The number of nitrogens with zero attached hydrogens (tertiary/aromatic N) is 2. The molecule has 2 aromatic rings. The quantitative estimate of drug-likeness (QED) is 0.682. The van der Waals surface area contributed by atoms with Crippen LogP contribution in [0.2, 0.25) is 0 Å². The summed E-state index contributed by atoms with van der Waals surface area (Å²) >= 11 is 0. The van der Waals surface area contributed by atoms with Crippen molar-refractivity contribution in [3.05, 3.63) is 65.4 Å². The summed E-state index contributed by atoms with van der Waals surface area (Å²) in [5.74, 6) is 0.0507. The Bertz CT molecular complexity index is 1130. The number of nitrogens with one attached hydrogen (secondary N) is 1. The van der Waals surface area contributed by atoms with Crippen molar-refractivity contribution in [3.8, 4) is 5.75 Å². The predicted octanol–water partition coefficient (Wildman–Crippen LogP) is 4.58. The molecule has 2 amide bonds. The largest absolute Gasteiger partial charge is 0.573 e. The molecule has 1 aromatic heterocycles. The number of rotatable bonds is 4. The summed E-state index contributed by atoms with van der Waals surface area (Å²) in [6.45, 7) is 0.771. The first-order chi connectivity index (χ1) is 15.8. The first-order valence-electron chi connectivity index (χ1n) is 10.6. The second-order valence-electron chi connectivity index (χ2n) is 7.82. The molecule has 172 valence electrons.